The van der Waals surface area contributed by atoms with Crippen molar-refractivity contribution in [2.75, 3.05) is 13.6 Å². The lowest BCUT2D eigenvalue weighted by Crippen LogP contribution is -2.14. The molecule has 0 aliphatic heterocycles. The normalized spacial score (nSPS) is 11.2. The van der Waals surface area contributed by atoms with E-state index in [0.717, 1.165) is 18.2 Å². The Morgan fingerprint density at radius 1 is 1.09 bits per heavy atom. The molecule has 0 spiro atoms. The lowest BCUT2D eigenvalue weighted by atomic mass is 9.99. The highest BCUT2D eigenvalue weighted by Gasteiger charge is 2.12. The minimum Gasteiger partial charge on any atom is -0.366 e. The Balaban J connectivity index is 2.30. The average Bonchev–Trinajstić information content (AvgIpc) is 2.53. The Morgan fingerprint density at radius 3 is 2.52 bits per heavy atom. The van der Waals surface area contributed by atoms with Crippen molar-refractivity contribution in [2.24, 2.45) is 4.99 Å². The van der Waals surface area contributed by atoms with E-state index in [2.05, 4.69) is 4.99 Å². The largest absolute Gasteiger partial charge is 0.366 e. The Labute approximate surface area is 134 Å². The van der Waals surface area contributed by atoms with Crippen LogP contribution in [0.25, 0.3) is 0 Å². The van der Waals surface area contributed by atoms with Crippen LogP contribution in [0.1, 0.15) is 23.6 Å². The maximum atomic E-state index is 14.2. The van der Waals surface area contributed by atoms with Crippen molar-refractivity contribution in [1.82, 2.24) is 4.90 Å². The molecule has 5 heteroatoms. The fourth-order valence-electron chi connectivity index (χ4n) is 2.13. The smallest absolute Gasteiger partial charge is 0.162 e. The molecule has 122 valence electrons. The number of hydrogen-bond donors (Lipinski definition) is 0. The molecule has 0 N–H and O–H groups in total. The van der Waals surface area contributed by atoms with Crippen molar-refractivity contribution in [3.8, 4) is 0 Å². The van der Waals surface area contributed by atoms with Crippen molar-refractivity contribution in [3.63, 3.8) is 0 Å². The second-order valence-corrected chi connectivity index (χ2v) is 5.44. The molecule has 2 aromatic rings. The first kappa shape index (κ1) is 17.1. The van der Waals surface area contributed by atoms with Gasteiger partial charge in [-0.1, -0.05) is 12.1 Å². The second kappa shape index (κ2) is 7.31. The minimum absolute atomic E-state index is 0.130. The Kier molecular flexibility index (Phi) is 5.42. The van der Waals surface area contributed by atoms with Crippen LogP contribution in [0.5, 0.6) is 0 Å². The van der Waals surface area contributed by atoms with Gasteiger partial charge in [-0.25, -0.2) is 18.2 Å². The van der Waals surface area contributed by atoms with E-state index in [1.807, 2.05) is 18.9 Å². The van der Waals surface area contributed by atoms with Gasteiger partial charge in [-0.15, -0.1) is 0 Å². The van der Waals surface area contributed by atoms with Crippen LogP contribution < -0.4 is 0 Å². The summed E-state index contributed by atoms with van der Waals surface area (Å²) in [6, 6.07) is 6.95. The van der Waals surface area contributed by atoms with Crippen molar-refractivity contribution in [3.05, 3.63) is 64.5 Å². The molecule has 2 aromatic carbocycles. The summed E-state index contributed by atoms with van der Waals surface area (Å²) in [7, 11) is 1.84. The predicted molar refractivity (Wildman–Crippen MR) is 86.8 cm³/mol. The molecule has 0 aliphatic carbocycles. The Morgan fingerprint density at radius 2 is 1.83 bits per heavy atom. The maximum absolute atomic E-state index is 14.2. The van der Waals surface area contributed by atoms with Crippen LogP contribution in [0.3, 0.4) is 0 Å². The number of halogens is 3. The average molecular weight is 320 g/mol. The first-order valence-corrected chi connectivity index (χ1v) is 7.38. The molecule has 0 saturated heterocycles. The number of aryl methyl sites for hydroxylation is 1. The van der Waals surface area contributed by atoms with E-state index in [4.69, 9.17) is 0 Å². The third-order valence-electron chi connectivity index (χ3n) is 3.71. The molecule has 0 atom stereocenters. The van der Waals surface area contributed by atoms with Gasteiger partial charge >= 0.3 is 0 Å². The molecule has 0 saturated carbocycles. The molecule has 0 aliphatic rings. The quantitative estimate of drug-likeness (QED) is 0.580. The zero-order valence-electron chi connectivity index (χ0n) is 13.4. The molecule has 0 radical (unpaired) electrons. The Hall–Kier alpha value is -2.30. The fourth-order valence-corrected chi connectivity index (χ4v) is 2.13. The van der Waals surface area contributed by atoms with Gasteiger partial charge in [0.15, 0.2) is 11.6 Å². The van der Waals surface area contributed by atoms with Crippen molar-refractivity contribution in [2.45, 2.75) is 20.3 Å². The number of rotatable bonds is 5. The van der Waals surface area contributed by atoms with Crippen molar-refractivity contribution in [1.29, 1.82) is 0 Å². The zero-order valence-corrected chi connectivity index (χ0v) is 13.4. The third kappa shape index (κ3) is 4.12. The molecule has 0 heterocycles. The maximum Gasteiger partial charge on any atom is 0.162 e. The number of hydrogen-bond acceptors (Lipinski definition) is 1. The lowest BCUT2D eigenvalue weighted by molar-refractivity contribution is 0.500. The van der Waals surface area contributed by atoms with E-state index < -0.39 is 17.5 Å². The molecule has 0 unspecified atom stereocenters. The van der Waals surface area contributed by atoms with E-state index in [9.17, 15) is 13.2 Å². The summed E-state index contributed by atoms with van der Waals surface area (Å²) in [5, 5.41) is 0. The molecule has 0 aromatic heterocycles. The molecular weight excluding hydrogens is 301 g/mol. The summed E-state index contributed by atoms with van der Waals surface area (Å²) in [4.78, 5) is 5.93. The highest BCUT2D eigenvalue weighted by molar-refractivity contribution is 5.62. The van der Waals surface area contributed by atoms with E-state index in [-0.39, 0.29) is 17.7 Å². The van der Waals surface area contributed by atoms with Crippen LogP contribution in [0.4, 0.5) is 18.9 Å². The summed E-state index contributed by atoms with van der Waals surface area (Å²) < 4.78 is 41.2. The second-order valence-electron chi connectivity index (χ2n) is 5.44. The van der Waals surface area contributed by atoms with Crippen molar-refractivity contribution < 1.29 is 13.2 Å². The van der Waals surface area contributed by atoms with E-state index >= 15 is 0 Å². The zero-order chi connectivity index (χ0) is 17.0. The lowest BCUT2D eigenvalue weighted by Gasteiger charge is -2.11. The van der Waals surface area contributed by atoms with Crippen LogP contribution >= 0.6 is 0 Å². The van der Waals surface area contributed by atoms with E-state index in [1.165, 1.54) is 18.2 Å². The van der Waals surface area contributed by atoms with Gasteiger partial charge in [0.2, 0.25) is 0 Å². The topological polar surface area (TPSA) is 15.6 Å². The van der Waals surface area contributed by atoms with E-state index in [0.29, 0.717) is 5.56 Å². The van der Waals surface area contributed by atoms with Crippen molar-refractivity contribution >= 4 is 12.0 Å². The van der Waals surface area contributed by atoms with Gasteiger partial charge in [0.1, 0.15) is 11.5 Å². The van der Waals surface area contributed by atoms with Gasteiger partial charge in [-0.2, -0.15) is 0 Å². The first-order chi connectivity index (χ1) is 10.9. The van der Waals surface area contributed by atoms with Crippen LogP contribution in [0.15, 0.2) is 35.3 Å². The number of aliphatic imine (C=N–C) groups is 1. The van der Waals surface area contributed by atoms with Gasteiger partial charge < -0.3 is 4.90 Å². The minimum atomic E-state index is -0.899. The van der Waals surface area contributed by atoms with Gasteiger partial charge in [0.05, 0.1) is 6.34 Å². The SMILES string of the molecule is CCN(C)/C=N\c1cc(C)c(Cc2cccc(F)c2F)cc1F. The molecule has 0 fully saturated rings. The summed E-state index contributed by atoms with van der Waals surface area (Å²) in [5.41, 5.74) is 1.82. The molecule has 0 bridgehead atoms. The summed E-state index contributed by atoms with van der Waals surface area (Å²) in [5.74, 6) is -2.27. The highest BCUT2D eigenvalue weighted by atomic mass is 19.2. The van der Waals surface area contributed by atoms with Crippen LogP contribution in [0.2, 0.25) is 0 Å². The summed E-state index contributed by atoms with van der Waals surface area (Å²) in [6.45, 7) is 4.53. The Bertz CT molecular complexity index is 726. The van der Waals surface area contributed by atoms with E-state index in [1.54, 1.807) is 19.3 Å². The number of benzene rings is 2. The standard InChI is InChI=1S/C18H19F3N2/c1-4-23(3)11-22-17-8-12(2)14(10-16(17)20)9-13-6-5-7-15(19)18(13)21/h5-8,10-11H,4,9H2,1-3H3/b22-11-. The number of nitrogens with zero attached hydrogens (tertiary/aromatic N) is 2. The van der Waals surface area contributed by atoms with Gasteiger partial charge in [-0.05, 0) is 48.7 Å². The van der Waals surface area contributed by atoms with Crippen LogP contribution in [-0.2, 0) is 6.42 Å². The van der Waals surface area contributed by atoms with Gasteiger partial charge in [-0.3, -0.25) is 0 Å². The molecule has 0 amide bonds. The third-order valence-corrected chi connectivity index (χ3v) is 3.71. The summed E-state index contributed by atoms with van der Waals surface area (Å²) >= 11 is 0. The first-order valence-electron chi connectivity index (χ1n) is 7.38. The monoisotopic (exact) mass is 320 g/mol. The van der Waals surface area contributed by atoms with Gasteiger partial charge in [0, 0.05) is 20.0 Å². The molecular formula is C18H19F3N2. The van der Waals surface area contributed by atoms with Crippen LogP contribution in [-0.4, -0.2) is 24.8 Å². The molecule has 2 rings (SSSR count). The van der Waals surface area contributed by atoms with Crippen LogP contribution in [0, 0.1) is 24.4 Å². The van der Waals surface area contributed by atoms with Gasteiger partial charge in [0.25, 0.3) is 0 Å². The highest BCUT2D eigenvalue weighted by Crippen LogP contribution is 2.25. The summed E-state index contributed by atoms with van der Waals surface area (Å²) in [6.07, 6.45) is 1.69. The molecule has 23 heavy (non-hydrogen) atoms. The molecule has 2 nitrogen and oxygen atoms in total. The fraction of sp³-hybridized carbons (Fsp3) is 0.278. The predicted octanol–water partition coefficient (Wildman–Crippen LogP) is 4.61.